The van der Waals surface area contributed by atoms with E-state index in [4.69, 9.17) is 11.1 Å². The largest absolute Gasteiger partial charge is 0.370 e. The molecule has 0 saturated heterocycles. The number of amides is 2. The second-order valence-electron chi connectivity index (χ2n) is 4.90. The molecule has 0 fully saturated rings. The predicted molar refractivity (Wildman–Crippen MR) is 84.1 cm³/mol. The molecule has 4 N–H and O–H groups in total. The molecule has 0 spiro atoms. The zero-order valence-electron chi connectivity index (χ0n) is 12.6. The molecule has 0 saturated carbocycles. The topological polar surface area (TPSA) is 95.1 Å². The molecular weight excluding hydrogens is 266 g/mol. The summed E-state index contributed by atoms with van der Waals surface area (Å²) in [6.07, 6.45) is 6.36. The van der Waals surface area contributed by atoms with Gasteiger partial charge in [0.2, 0.25) is 0 Å². The van der Waals surface area contributed by atoms with E-state index in [0.29, 0.717) is 13.1 Å². The quantitative estimate of drug-likeness (QED) is 0.389. The highest BCUT2D eigenvalue weighted by Gasteiger charge is 2.15. The minimum atomic E-state index is -0.292. The molecule has 0 aromatic carbocycles. The Hall–Kier alpha value is -2.11. The summed E-state index contributed by atoms with van der Waals surface area (Å²) in [5.74, 6) is -0.219. The molecule has 6 heteroatoms. The van der Waals surface area contributed by atoms with Crippen LogP contribution in [0.4, 0.5) is 4.79 Å². The van der Waals surface area contributed by atoms with Crippen LogP contribution in [0.15, 0.2) is 24.4 Å². The summed E-state index contributed by atoms with van der Waals surface area (Å²) in [7, 11) is 0. The second kappa shape index (κ2) is 9.74. The van der Waals surface area contributed by atoms with Crippen molar-refractivity contribution in [3.05, 3.63) is 30.1 Å². The van der Waals surface area contributed by atoms with E-state index in [1.54, 1.807) is 6.20 Å². The number of carbonyl (C=O) groups is 1. The van der Waals surface area contributed by atoms with Gasteiger partial charge in [0.1, 0.15) is 0 Å². The smallest absolute Gasteiger partial charge is 0.324 e. The Balaban J connectivity index is 2.35. The van der Waals surface area contributed by atoms with Crippen LogP contribution in [-0.4, -0.2) is 35.0 Å². The first-order valence-corrected chi connectivity index (χ1v) is 7.44. The predicted octanol–water partition coefficient (Wildman–Crippen LogP) is 2.11. The van der Waals surface area contributed by atoms with E-state index >= 15 is 0 Å². The number of unbranched alkanes of at least 4 members (excludes halogenated alkanes) is 2. The van der Waals surface area contributed by atoms with Gasteiger partial charge in [0.15, 0.2) is 5.96 Å². The van der Waals surface area contributed by atoms with Crippen molar-refractivity contribution >= 4 is 12.0 Å². The average Bonchev–Trinajstić information content (AvgIpc) is 2.48. The Morgan fingerprint density at radius 3 is 2.81 bits per heavy atom. The number of nitrogens with one attached hydrogen (secondary N) is 2. The summed E-state index contributed by atoms with van der Waals surface area (Å²) in [6.45, 7) is 3.16. The lowest BCUT2D eigenvalue weighted by molar-refractivity contribution is 0.219. The van der Waals surface area contributed by atoms with E-state index < -0.39 is 0 Å². The molecule has 0 radical (unpaired) electrons. The number of aromatic nitrogens is 1. The zero-order chi connectivity index (χ0) is 15.5. The van der Waals surface area contributed by atoms with Crippen LogP contribution in [0.2, 0.25) is 0 Å². The Morgan fingerprint density at radius 1 is 1.38 bits per heavy atom. The molecule has 0 aliphatic rings. The first kappa shape index (κ1) is 16.9. The van der Waals surface area contributed by atoms with Gasteiger partial charge in [-0.15, -0.1) is 0 Å². The number of rotatable bonds is 8. The van der Waals surface area contributed by atoms with Gasteiger partial charge in [-0.1, -0.05) is 25.8 Å². The maximum atomic E-state index is 12.0. The lowest BCUT2D eigenvalue weighted by Gasteiger charge is -2.21. The van der Waals surface area contributed by atoms with Crippen molar-refractivity contribution in [2.75, 3.05) is 13.1 Å². The van der Waals surface area contributed by atoms with Crippen molar-refractivity contribution in [3.63, 3.8) is 0 Å². The molecule has 2 amide bonds. The first-order valence-electron chi connectivity index (χ1n) is 7.44. The molecule has 1 rings (SSSR count). The van der Waals surface area contributed by atoms with Crippen molar-refractivity contribution in [3.8, 4) is 0 Å². The van der Waals surface area contributed by atoms with E-state index in [9.17, 15) is 4.79 Å². The molecule has 0 unspecified atom stereocenters. The lowest BCUT2D eigenvalue weighted by atomic mass is 10.2. The van der Waals surface area contributed by atoms with E-state index in [0.717, 1.165) is 37.8 Å². The highest BCUT2D eigenvalue weighted by atomic mass is 16.2. The van der Waals surface area contributed by atoms with Crippen molar-refractivity contribution in [1.29, 1.82) is 5.41 Å². The van der Waals surface area contributed by atoms with Crippen LogP contribution < -0.4 is 11.1 Å². The maximum Gasteiger partial charge on any atom is 0.324 e. The fourth-order valence-electron chi connectivity index (χ4n) is 1.96. The van der Waals surface area contributed by atoms with Crippen LogP contribution in [0.1, 0.15) is 38.3 Å². The summed E-state index contributed by atoms with van der Waals surface area (Å²) in [5, 5.41) is 10.3. The van der Waals surface area contributed by atoms with Gasteiger partial charge >= 0.3 is 6.03 Å². The van der Waals surface area contributed by atoms with Crippen molar-refractivity contribution in [2.45, 2.75) is 39.0 Å². The molecule has 1 aromatic rings. The van der Waals surface area contributed by atoms with E-state index in [1.807, 2.05) is 18.2 Å². The van der Waals surface area contributed by atoms with Gasteiger partial charge in [-0.05, 0) is 31.4 Å². The minimum Gasteiger partial charge on any atom is -0.370 e. The number of guanidine groups is 1. The zero-order valence-corrected chi connectivity index (χ0v) is 12.6. The summed E-state index contributed by atoms with van der Waals surface area (Å²) in [5.41, 5.74) is 6.46. The number of hydrogen-bond donors (Lipinski definition) is 3. The first-order chi connectivity index (χ1) is 10.1. The van der Waals surface area contributed by atoms with Gasteiger partial charge in [0, 0.05) is 25.0 Å². The standard InChI is InChI=1S/C15H25N5O/c1-2-3-5-11-19-15(21)20(14(16)17)12-7-9-13-8-4-6-10-18-13/h4,6,8,10H,2-3,5,7,9,11-12H2,1H3,(H3,16,17)(H,19,21). The molecule has 0 aliphatic carbocycles. The number of nitrogens with two attached hydrogens (primary N) is 1. The Bertz CT molecular complexity index is 435. The van der Waals surface area contributed by atoms with E-state index in [-0.39, 0.29) is 12.0 Å². The van der Waals surface area contributed by atoms with Gasteiger partial charge in [0.05, 0.1) is 0 Å². The van der Waals surface area contributed by atoms with Crippen molar-refractivity contribution in [2.24, 2.45) is 5.73 Å². The average molecular weight is 291 g/mol. The fraction of sp³-hybridized carbons (Fsp3) is 0.533. The van der Waals surface area contributed by atoms with Crippen LogP contribution in [0.5, 0.6) is 0 Å². The number of carbonyl (C=O) groups excluding carboxylic acids is 1. The molecule has 0 bridgehead atoms. The van der Waals surface area contributed by atoms with Crippen LogP contribution >= 0.6 is 0 Å². The van der Waals surface area contributed by atoms with Gasteiger partial charge < -0.3 is 11.1 Å². The number of nitrogens with zero attached hydrogens (tertiary/aromatic N) is 2. The maximum absolute atomic E-state index is 12.0. The minimum absolute atomic E-state index is 0.219. The molecule has 1 aromatic heterocycles. The van der Waals surface area contributed by atoms with Gasteiger partial charge in [-0.3, -0.25) is 15.3 Å². The molecule has 116 valence electrons. The van der Waals surface area contributed by atoms with Crippen molar-refractivity contribution < 1.29 is 4.79 Å². The normalized spacial score (nSPS) is 10.1. The molecule has 1 heterocycles. The summed E-state index contributed by atoms with van der Waals surface area (Å²) in [6, 6.07) is 5.46. The second-order valence-corrected chi connectivity index (χ2v) is 4.90. The fourth-order valence-corrected chi connectivity index (χ4v) is 1.96. The number of hydrogen-bond acceptors (Lipinski definition) is 3. The molecule has 6 nitrogen and oxygen atoms in total. The highest BCUT2D eigenvalue weighted by molar-refractivity contribution is 5.93. The molecule has 0 atom stereocenters. The van der Waals surface area contributed by atoms with Crippen LogP contribution in [-0.2, 0) is 6.42 Å². The highest BCUT2D eigenvalue weighted by Crippen LogP contribution is 2.01. The third-order valence-corrected chi connectivity index (χ3v) is 3.13. The van der Waals surface area contributed by atoms with Gasteiger partial charge in [-0.2, -0.15) is 0 Å². The summed E-state index contributed by atoms with van der Waals surface area (Å²) >= 11 is 0. The number of pyridine rings is 1. The number of urea groups is 1. The molecular formula is C15H25N5O. The van der Waals surface area contributed by atoms with E-state index in [2.05, 4.69) is 17.2 Å². The Kier molecular flexibility index (Phi) is 7.86. The Morgan fingerprint density at radius 2 is 2.19 bits per heavy atom. The number of aryl methyl sites for hydroxylation is 1. The van der Waals surface area contributed by atoms with Gasteiger partial charge in [-0.25, -0.2) is 4.79 Å². The lowest BCUT2D eigenvalue weighted by Crippen LogP contribution is -2.47. The molecule has 0 aliphatic heterocycles. The van der Waals surface area contributed by atoms with Gasteiger partial charge in [0.25, 0.3) is 0 Å². The van der Waals surface area contributed by atoms with E-state index in [1.165, 1.54) is 4.90 Å². The van der Waals surface area contributed by atoms with Crippen LogP contribution in [0.25, 0.3) is 0 Å². The molecule has 21 heavy (non-hydrogen) atoms. The van der Waals surface area contributed by atoms with Crippen LogP contribution in [0.3, 0.4) is 0 Å². The third kappa shape index (κ3) is 6.74. The SMILES string of the molecule is CCCCCNC(=O)N(CCCc1ccccn1)C(=N)N. The summed E-state index contributed by atoms with van der Waals surface area (Å²) in [4.78, 5) is 17.5. The van der Waals surface area contributed by atoms with Crippen LogP contribution in [0, 0.1) is 5.41 Å². The monoisotopic (exact) mass is 291 g/mol. The third-order valence-electron chi connectivity index (χ3n) is 3.13. The Labute approximate surface area is 126 Å². The summed E-state index contributed by atoms with van der Waals surface area (Å²) < 4.78 is 0. The van der Waals surface area contributed by atoms with Crippen molar-refractivity contribution in [1.82, 2.24) is 15.2 Å².